The van der Waals surface area contributed by atoms with E-state index < -0.39 is 11.2 Å². The van der Waals surface area contributed by atoms with Gasteiger partial charge in [-0.25, -0.2) is 0 Å². The van der Waals surface area contributed by atoms with Crippen molar-refractivity contribution >= 4 is 0 Å². The van der Waals surface area contributed by atoms with E-state index in [1.165, 1.54) is 24.0 Å². The van der Waals surface area contributed by atoms with Crippen LogP contribution in [0.15, 0.2) is 48.5 Å². The summed E-state index contributed by atoms with van der Waals surface area (Å²) in [6, 6.07) is 16.2. The Balaban J connectivity index is 0.000000211. The molecule has 4 N–H and O–H groups in total. The Morgan fingerprint density at radius 1 is 0.605 bits per heavy atom. The smallest absolute Gasteiger partial charge is 0.118 e. The molecule has 2 fully saturated rings. The Morgan fingerprint density at radius 2 is 0.921 bits per heavy atom. The molecule has 0 heterocycles. The number of benzene rings is 2. The fraction of sp³-hybridized carbons (Fsp3) is 0.625. The molecule has 0 radical (unpaired) electrons. The first-order valence-electron chi connectivity index (χ1n) is 14.4. The third kappa shape index (κ3) is 7.95. The predicted octanol–water partition coefficient (Wildman–Crippen LogP) is 5.39. The van der Waals surface area contributed by atoms with Crippen LogP contribution in [-0.4, -0.2) is 62.8 Å². The van der Waals surface area contributed by atoms with Crippen LogP contribution in [0.3, 0.4) is 0 Å². The summed E-state index contributed by atoms with van der Waals surface area (Å²) in [5, 5.41) is 28.4. The lowest BCUT2D eigenvalue weighted by atomic mass is 9.73. The highest BCUT2D eigenvalue weighted by Crippen LogP contribution is 2.41. The summed E-state index contributed by atoms with van der Waals surface area (Å²) >= 11 is 0. The first-order valence-corrected chi connectivity index (χ1v) is 14.4. The van der Waals surface area contributed by atoms with E-state index >= 15 is 0 Å². The number of nitrogens with one attached hydrogen (secondary N) is 2. The summed E-state index contributed by atoms with van der Waals surface area (Å²) in [7, 11) is 7.24. The largest absolute Gasteiger partial charge is 0.497 e. The van der Waals surface area contributed by atoms with E-state index in [2.05, 4.69) is 34.9 Å². The molecule has 4 rings (SSSR count). The Morgan fingerprint density at radius 3 is 1.18 bits per heavy atom. The lowest BCUT2D eigenvalue weighted by molar-refractivity contribution is -0.0214. The van der Waals surface area contributed by atoms with Gasteiger partial charge in [0.1, 0.15) is 11.5 Å². The van der Waals surface area contributed by atoms with Crippen LogP contribution in [0.5, 0.6) is 11.5 Å². The van der Waals surface area contributed by atoms with Crippen LogP contribution >= 0.6 is 0 Å². The van der Waals surface area contributed by atoms with Crippen molar-refractivity contribution in [3.8, 4) is 11.5 Å². The molecule has 2 aromatic rings. The molecule has 0 aliphatic heterocycles. The minimum Gasteiger partial charge on any atom is -0.497 e. The summed E-state index contributed by atoms with van der Waals surface area (Å²) < 4.78 is 10.4. The number of aliphatic hydroxyl groups is 2. The molecule has 2 saturated carbocycles. The summed E-state index contributed by atoms with van der Waals surface area (Å²) in [6.45, 7) is 1.62. The zero-order chi connectivity index (χ0) is 27.4. The number of rotatable bonds is 10. The van der Waals surface area contributed by atoms with Crippen LogP contribution in [0.25, 0.3) is 0 Å². The molecule has 0 saturated heterocycles. The molecule has 0 bridgehead atoms. The van der Waals surface area contributed by atoms with Crippen molar-refractivity contribution in [2.75, 3.05) is 41.4 Å². The van der Waals surface area contributed by atoms with E-state index in [4.69, 9.17) is 9.47 Å². The highest BCUT2D eigenvalue weighted by molar-refractivity contribution is 5.32. The average Bonchev–Trinajstić information content (AvgIpc) is 2.96. The summed E-state index contributed by atoms with van der Waals surface area (Å²) in [6.07, 6.45) is 10.7. The molecule has 38 heavy (non-hydrogen) atoms. The highest BCUT2D eigenvalue weighted by Gasteiger charge is 2.39. The molecular weight excluding hydrogens is 476 g/mol. The normalized spacial score (nSPS) is 19.9. The second kappa shape index (κ2) is 14.9. The van der Waals surface area contributed by atoms with E-state index in [0.717, 1.165) is 76.0 Å². The quantitative estimate of drug-likeness (QED) is 0.332. The molecule has 212 valence electrons. The van der Waals surface area contributed by atoms with E-state index in [0.29, 0.717) is 0 Å². The van der Waals surface area contributed by atoms with Crippen molar-refractivity contribution in [2.24, 2.45) is 0 Å². The molecule has 6 nitrogen and oxygen atoms in total. The van der Waals surface area contributed by atoms with Crippen molar-refractivity contribution in [1.82, 2.24) is 10.6 Å². The maximum atomic E-state index is 11.0. The summed E-state index contributed by atoms with van der Waals surface area (Å²) in [5.41, 5.74) is 1.27. The minimum atomic E-state index is -0.560. The van der Waals surface area contributed by atoms with Crippen LogP contribution in [0.1, 0.15) is 87.2 Å². The SMILES string of the molecule is CNC[C@@H](c1ccc(OC)cc1)C1(O)CCCCC1.CNC[C@H](c1ccc(OC)cc1)C1(O)CCCCC1. The van der Waals surface area contributed by atoms with E-state index in [1.807, 2.05) is 38.4 Å². The fourth-order valence-electron chi connectivity index (χ4n) is 6.34. The predicted molar refractivity (Wildman–Crippen MR) is 155 cm³/mol. The van der Waals surface area contributed by atoms with E-state index in [1.54, 1.807) is 14.2 Å². The van der Waals surface area contributed by atoms with Gasteiger partial charge in [-0.05, 0) is 75.2 Å². The Kier molecular flexibility index (Phi) is 11.9. The number of likely N-dealkylation sites (N-methyl/N-ethyl adjacent to an activating group) is 2. The van der Waals surface area contributed by atoms with Crippen LogP contribution in [0, 0.1) is 0 Å². The van der Waals surface area contributed by atoms with Crippen LogP contribution in [0.4, 0.5) is 0 Å². The number of methoxy groups -OCH3 is 2. The van der Waals surface area contributed by atoms with E-state index in [9.17, 15) is 10.2 Å². The second-order valence-electron chi connectivity index (χ2n) is 11.1. The third-order valence-electron chi connectivity index (χ3n) is 8.59. The highest BCUT2D eigenvalue weighted by atomic mass is 16.5. The maximum Gasteiger partial charge on any atom is 0.118 e. The Labute approximate surface area is 230 Å². The van der Waals surface area contributed by atoms with Gasteiger partial charge in [0.2, 0.25) is 0 Å². The number of ether oxygens (including phenoxy) is 2. The first-order chi connectivity index (χ1) is 18.4. The van der Waals surface area contributed by atoms with Gasteiger partial charge < -0.3 is 30.3 Å². The molecule has 2 aliphatic rings. The van der Waals surface area contributed by atoms with Crippen molar-refractivity contribution < 1.29 is 19.7 Å². The molecule has 2 atom stereocenters. The molecule has 0 spiro atoms. The Hall–Kier alpha value is -2.12. The maximum absolute atomic E-state index is 11.0. The van der Waals surface area contributed by atoms with Gasteiger partial charge in [0, 0.05) is 24.9 Å². The molecule has 6 heteroatoms. The van der Waals surface area contributed by atoms with Crippen molar-refractivity contribution in [1.29, 1.82) is 0 Å². The van der Waals surface area contributed by atoms with Gasteiger partial charge in [-0.15, -0.1) is 0 Å². The van der Waals surface area contributed by atoms with Crippen LogP contribution in [-0.2, 0) is 0 Å². The van der Waals surface area contributed by atoms with Gasteiger partial charge in [0.15, 0.2) is 0 Å². The lowest BCUT2D eigenvalue weighted by Crippen LogP contribution is -2.42. The van der Waals surface area contributed by atoms with Gasteiger partial charge in [-0.1, -0.05) is 62.8 Å². The van der Waals surface area contributed by atoms with Gasteiger partial charge >= 0.3 is 0 Å². The Bertz CT molecular complexity index is 842. The van der Waals surface area contributed by atoms with Gasteiger partial charge in [-0.2, -0.15) is 0 Å². The molecule has 2 aliphatic carbocycles. The molecule has 0 aromatic heterocycles. The second-order valence-corrected chi connectivity index (χ2v) is 11.1. The summed E-state index contributed by atoms with van der Waals surface area (Å²) in [5.74, 6) is 2.04. The van der Waals surface area contributed by atoms with Gasteiger partial charge in [-0.3, -0.25) is 0 Å². The lowest BCUT2D eigenvalue weighted by Gasteiger charge is -2.39. The van der Waals surface area contributed by atoms with Gasteiger partial charge in [0.25, 0.3) is 0 Å². The average molecular weight is 527 g/mol. The minimum absolute atomic E-state index is 0.156. The number of hydrogen-bond acceptors (Lipinski definition) is 6. The molecular formula is C32H50N2O4. The monoisotopic (exact) mass is 526 g/mol. The molecule has 2 aromatic carbocycles. The van der Waals surface area contributed by atoms with Crippen molar-refractivity contribution in [3.63, 3.8) is 0 Å². The zero-order valence-corrected chi connectivity index (χ0v) is 24.0. The standard InChI is InChI=1S/2C16H25NO2/c2*1-17-12-15(16(18)10-4-3-5-11-16)13-6-8-14(19-2)9-7-13/h2*6-9,15,17-18H,3-5,10-12H2,1-2H3/t2*15-/m10/s1. The number of hydrogen-bond donors (Lipinski definition) is 4. The topological polar surface area (TPSA) is 83.0 Å². The van der Waals surface area contributed by atoms with Crippen LogP contribution < -0.4 is 20.1 Å². The van der Waals surface area contributed by atoms with Crippen molar-refractivity contribution in [2.45, 2.75) is 87.2 Å². The summed E-state index contributed by atoms with van der Waals surface area (Å²) in [4.78, 5) is 0. The van der Waals surface area contributed by atoms with E-state index in [-0.39, 0.29) is 11.8 Å². The van der Waals surface area contributed by atoms with Crippen molar-refractivity contribution in [3.05, 3.63) is 59.7 Å². The van der Waals surface area contributed by atoms with Gasteiger partial charge in [0.05, 0.1) is 25.4 Å². The molecule has 0 amide bonds. The van der Waals surface area contributed by atoms with Crippen LogP contribution in [0.2, 0.25) is 0 Å². The zero-order valence-electron chi connectivity index (χ0n) is 24.0. The third-order valence-corrected chi connectivity index (χ3v) is 8.59. The fourth-order valence-corrected chi connectivity index (χ4v) is 6.34. The molecule has 0 unspecified atom stereocenters. The first kappa shape index (κ1) is 30.4.